The van der Waals surface area contributed by atoms with Crippen molar-refractivity contribution in [1.29, 1.82) is 0 Å². The Labute approximate surface area is 197 Å². The van der Waals surface area contributed by atoms with Crippen LogP contribution in [0.15, 0.2) is 42.5 Å². The third-order valence-electron chi connectivity index (χ3n) is 5.24. The van der Waals surface area contributed by atoms with Crippen molar-refractivity contribution in [1.82, 2.24) is 5.32 Å². The van der Waals surface area contributed by atoms with Gasteiger partial charge in [-0.2, -0.15) is 0 Å². The molecule has 0 saturated carbocycles. The number of sulfonamides is 1. The van der Waals surface area contributed by atoms with Gasteiger partial charge in [0.05, 0.1) is 30.1 Å². The fourth-order valence-electron chi connectivity index (χ4n) is 3.35. The fourth-order valence-corrected chi connectivity index (χ4v) is 4.56. The summed E-state index contributed by atoms with van der Waals surface area (Å²) in [6.45, 7) is 8.59. The van der Waals surface area contributed by atoms with Crippen LogP contribution in [0.3, 0.4) is 0 Å². The summed E-state index contributed by atoms with van der Waals surface area (Å²) in [5.41, 5.74) is 2.77. The molecule has 0 unspecified atom stereocenters. The maximum absolute atomic E-state index is 12.4. The van der Waals surface area contributed by atoms with Crippen LogP contribution in [0.1, 0.15) is 57.7 Å². The molecule has 0 spiro atoms. The van der Waals surface area contributed by atoms with Crippen molar-refractivity contribution in [2.75, 3.05) is 24.2 Å². The van der Waals surface area contributed by atoms with Crippen molar-refractivity contribution < 1.29 is 17.9 Å². The number of ether oxygens (including phenoxy) is 1. The number of nitrogens with one attached hydrogen (secondary N) is 1. The van der Waals surface area contributed by atoms with E-state index in [0.717, 1.165) is 11.8 Å². The smallest absolute Gasteiger partial charge is 0.232 e. The first kappa shape index (κ1) is 26.0. The van der Waals surface area contributed by atoms with E-state index in [2.05, 4.69) is 38.2 Å². The fraction of sp³-hybridized carbons (Fsp3) is 0.458. The van der Waals surface area contributed by atoms with Crippen molar-refractivity contribution in [3.05, 3.63) is 58.6 Å². The second-order valence-corrected chi connectivity index (χ2v) is 11.2. The van der Waals surface area contributed by atoms with E-state index in [4.69, 9.17) is 16.3 Å². The first-order valence-electron chi connectivity index (χ1n) is 10.5. The van der Waals surface area contributed by atoms with Crippen molar-refractivity contribution in [3.63, 3.8) is 0 Å². The lowest BCUT2D eigenvalue weighted by Crippen LogP contribution is -2.32. The molecule has 2 rings (SSSR count). The maximum Gasteiger partial charge on any atom is 0.232 e. The van der Waals surface area contributed by atoms with E-state index >= 15 is 0 Å². The van der Waals surface area contributed by atoms with Gasteiger partial charge in [0.2, 0.25) is 15.9 Å². The van der Waals surface area contributed by atoms with Gasteiger partial charge in [-0.25, -0.2) is 8.42 Å². The molecule has 0 aliphatic heterocycles. The van der Waals surface area contributed by atoms with Gasteiger partial charge in [-0.1, -0.05) is 56.6 Å². The first-order valence-corrected chi connectivity index (χ1v) is 12.8. The summed E-state index contributed by atoms with van der Waals surface area (Å²) in [7, 11) is -2.04. The Morgan fingerprint density at radius 2 is 1.78 bits per heavy atom. The van der Waals surface area contributed by atoms with Gasteiger partial charge >= 0.3 is 0 Å². The van der Waals surface area contributed by atoms with Gasteiger partial charge in [-0.3, -0.25) is 9.10 Å². The van der Waals surface area contributed by atoms with Gasteiger partial charge in [0, 0.05) is 13.0 Å². The van der Waals surface area contributed by atoms with Crippen molar-refractivity contribution in [2.24, 2.45) is 0 Å². The maximum atomic E-state index is 12.4. The van der Waals surface area contributed by atoms with Crippen LogP contribution in [0.4, 0.5) is 5.69 Å². The predicted molar refractivity (Wildman–Crippen MR) is 131 cm³/mol. The number of anilines is 1. The van der Waals surface area contributed by atoms with Crippen LogP contribution >= 0.6 is 11.6 Å². The molecule has 0 bridgehead atoms. The number of amides is 1. The van der Waals surface area contributed by atoms with Crippen molar-refractivity contribution in [3.8, 4) is 5.75 Å². The molecule has 0 saturated heterocycles. The Balaban J connectivity index is 1.96. The molecule has 0 aliphatic rings. The third kappa shape index (κ3) is 7.14. The van der Waals surface area contributed by atoms with Gasteiger partial charge < -0.3 is 10.1 Å². The predicted octanol–water partition coefficient (Wildman–Crippen LogP) is 5.07. The Bertz CT molecular complexity index is 1030. The van der Waals surface area contributed by atoms with Crippen LogP contribution in [0.2, 0.25) is 5.02 Å². The van der Waals surface area contributed by atoms with E-state index in [1.807, 2.05) is 19.1 Å². The normalized spacial score (nSPS) is 12.8. The van der Waals surface area contributed by atoms with Crippen LogP contribution in [0.25, 0.3) is 0 Å². The Kier molecular flexibility index (Phi) is 8.60. The molecular weight excluding hydrogens is 448 g/mol. The van der Waals surface area contributed by atoms with Crippen molar-refractivity contribution in [2.45, 2.75) is 52.0 Å². The van der Waals surface area contributed by atoms with E-state index in [1.54, 1.807) is 18.2 Å². The quantitative estimate of drug-likeness (QED) is 0.543. The zero-order valence-corrected chi connectivity index (χ0v) is 21.2. The molecule has 1 atom stereocenters. The zero-order chi connectivity index (χ0) is 24.1. The molecule has 1 amide bonds. The average Bonchev–Trinajstić information content (AvgIpc) is 2.69. The monoisotopic (exact) mass is 480 g/mol. The van der Waals surface area contributed by atoms with E-state index in [-0.39, 0.29) is 30.3 Å². The van der Waals surface area contributed by atoms with Gasteiger partial charge in [-0.15, -0.1) is 0 Å². The number of carbonyl (C=O) groups is 1. The molecule has 8 heteroatoms. The number of carbonyl (C=O) groups excluding carboxylic acids is 1. The molecule has 0 radical (unpaired) electrons. The lowest BCUT2D eigenvalue weighted by molar-refractivity contribution is -0.121. The zero-order valence-electron chi connectivity index (χ0n) is 19.6. The summed E-state index contributed by atoms with van der Waals surface area (Å²) in [6.07, 6.45) is 1.72. The highest BCUT2D eigenvalue weighted by molar-refractivity contribution is 7.92. The van der Waals surface area contributed by atoms with Crippen LogP contribution in [0.5, 0.6) is 5.75 Å². The number of benzene rings is 2. The summed E-state index contributed by atoms with van der Waals surface area (Å²) in [5.74, 6) is 0.339. The molecule has 0 fully saturated rings. The van der Waals surface area contributed by atoms with E-state index < -0.39 is 10.0 Å². The van der Waals surface area contributed by atoms with Gasteiger partial charge in [0.15, 0.2) is 0 Å². The molecule has 0 aliphatic carbocycles. The number of hydrogen-bond acceptors (Lipinski definition) is 4. The summed E-state index contributed by atoms with van der Waals surface area (Å²) < 4.78 is 30.9. The molecule has 1 N–H and O–H groups in total. The van der Waals surface area contributed by atoms with E-state index in [0.29, 0.717) is 22.9 Å². The summed E-state index contributed by atoms with van der Waals surface area (Å²) in [5, 5.41) is 3.31. The minimum absolute atomic E-state index is 0.0740. The SMILES string of the molecule is COc1ccc(N(CCCC(=O)N[C@@H](C)c2ccc(C(C)(C)C)cc2)S(C)(=O)=O)cc1Cl. The molecule has 2 aromatic rings. The van der Waals surface area contributed by atoms with Crippen LogP contribution in [-0.2, 0) is 20.2 Å². The molecule has 2 aromatic carbocycles. The highest BCUT2D eigenvalue weighted by Gasteiger charge is 2.20. The topological polar surface area (TPSA) is 75.7 Å². The second kappa shape index (κ2) is 10.6. The molecule has 6 nitrogen and oxygen atoms in total. The number of halogens is 1. The minimum atomic E-state index is -3.53. The van der Waals surface area contributed by atoms with Crippen LogP contribution in [-0.4, -0.2) is 34.2 Å². The van der Waals surface area contributed by atoms with Crippen LogP contribution in [0, 0.1) is 0 Å². The lowest BCUT2D eigenvalue weighted by atomic mass is 9.86. The largest absolute Gasteiger partial charge is 0.495 e. The number of hydrogen-bond donors (Lipinski definition) is 1. The Morgan fingerprint density at radius 1 is 1.16 bits per heavy atom. The molecule has 0 heterocycles. The molecule has 176 valence electrons. The number of nitrogens with zero attached hydrogens (tertiary/aromatic N) is 1. The first-order chi connectivity index (χ1) is 14.8. The minimum Gasteiger partial charge on any atom is -0.495 e. The Hall–Kier alpha value is -2.25. The summed E-state index contributed by atoms with van der Waals surface area (Å²) in [6, 6.07) is 12.9. The van der Waals surface area contributed by atoms with E-state index in [1.165, 1.54) is 17.0 Å². The average molecular weight is 481 g/mol. The number of rotatable bonds is 9. The van der Waals surface area contributed by atoms with Gasteiger partial charge in [-0.05, 0) is 48.1 Å². The van der Waals surface area contributed by atoms with Crippen LogP contribution < -0.4 is 14.4 Å². The summed E-state index contributed by atoms with van der Waals surface area (Å²) in [4.78, 5) is 12.4. The Morgan fingerprint density at radius 3 is 2.28 bits per heavy atom. The van der Waals surface area contributed by atoms with Gasteiger partial charge in [0.25, 0.3) is 0 Å². The van der Waals surface area contributed by atoms with E-state index in [9.17, 15) is 13.2 Å². The molecule has 0 aromatic heterocycles. The second-order valence-electron chi connectivity index (χ2n) is 8.92. The molecule has 32 heavy (non-hydrogen) atoms. The summed E-state index contributed by atoms with van der Waals surface area (Å²) >= 11 is 6.15. The van der Waals surface area contributed by atoms with Gasteiger partial charge in [0.1, 0.15) is 5.75 Å². The highest BCUT2D eigenvalue weighted by atomic mass is 35.5. The number of methoxy groups -OCH3 is 1. The third-order valence-corrected chi connectivity index (χ3v) is 6.73. The lowest BCUT2D eigenvalue weighted by Gasteiger charge is -2.23. The standard InChI is InChI=1S/C24H33ClN2O4S/c1-17(18-9-11-19(12-10-18)24(2,3)4)26-23(28)8-7-15-27(32(6,29)30)20-13-14-22(31-5)21(25)16-20/h9-14,16-17H,7-8,15H2,1-6H3,(H,26,28)/t17-/m0/s1. The highest BCUT2D eigenvalue weighted by Crippen LogP contribution is 2.30. The van der Waals surface area contributed by atoms with Crippen molar-refractivity contribution >= 4 is 33.2 Å². The molecular formula is C24H33ClN2O4S.